The molecular weight excluding hydrogens is 436 g/mol. The summed E-state index contributed by atoms with van der Waals surface area (Å²) in [7, 11) is 0. The second-order valence-electron chi connectivity index (χ2n) is 14.2. The molecule has 4 saturated carbocycles. The van der Waals surface area contributed by atoms with E-state index < -0.39 is 17.1 Å². The van der Waals surface area contributed by atoms with Crippen LogP contribution in [0.25, 0.3) is 0 Å². The van der Waals surface area contributed by atoms with Crippen molar-refractivity contribution in [3.05, 3.63) is 0 Å². The van der Waals surface area contributed by atoms with Crippen LogP contribution in [0.15, 0.2) is 0 Å². The molecule has 4 aliphatic carbocycles. The van der Waals surface area contributed by atoms with E-state index in [1.54, 1.807) is 0 Å². The van der Waals surface area contributed by atoms with Crippen molar-refractivity contribution in [2.75, 3.05) is 39.6 Å². The first-order valence-electron chi connectivity index (χ1n) is 13.3. The van der Waals surface area contributed by atoms with Crippen molar-refractivity contribution in [3.8, 4) is 0 Å². The van der Waals surface area contributed by atoms with Gasteiger partial charge in [-0.25, -0.2) is 0 Å². The van der Waals surface area contributed by atoms with Crippen LogP contribution in [0.4, 0.5) is 0 Å². The third kappa shape index (κ3) is 4.83. The van der Waals surface area contributed by atoms with Crippen LogP contribution in [0.1, 0.15) is 84.5 Å². The molecular formula is C27H48O7. The molecule has 198 valence electrons. The highest BCUT2D eigenvalue weighted by Crippen LogP contribution is 2.64. The summed E-state index contributed by atoms with van der Waals surface area (Å²) in [5, 5.41) is 62.4. The van der Waals surface area contributed by atoms with E-state index in [1.165, 1.54) is 0 Å². The van der Waals surface area contributed by atoms with Crippen molar-refractivity contribution in [1.29, 1.82) is 0 Å². The Morgan fingerprint density at radius 3 is 1.59 bits per heavy atom. The molecule has 34 heavy (non-hydrogen) atoms. The quantitative estimate of drug-likeness (QED) is 0.277. The summed E-state index contributed by atoms with van der Waals surface area (Å²) < 4.78 is 6.23. The Morgan fingerprint density at radius 1 is 0.647 bits per heavy atom. The number of hydrogen-bond acceptors (Lipinski definition) is 7. The highest BCUT2D eigenvalue weighted by Gasteiger charge is 2.58. The molecule has 0 aromatic carbocycles. The Balaban J connectivity index is 1.49. The summed E-state index contributed by atoms with van der Waals surface area (Å²) in [6.45, 7) is 4.72. The van der Waals surface area contributed by atoms with E-state index in [2.05, 4.69) is 6.92 Å². The number of ether oxygens (including phenoxy) is 1. The van der Waals surface area contributed by atoms with Crippen LogP contribution in [0.3, 0.4) is 0 Å². The van der Waals surface area contributed by atoms with E-state index in [-0.39, 0.29) is 60.6 Å². The summed E-state index contributed by atoms with van der Waals surface area (Å²) in [5.74, 6) is -0.188. The van der Waals surface area contributed by atoms with Gasteiger partial charge in [0.25, 0.3) is 0 Å². The van der Waals surface area contributed by atoms with Crippen molar-refractivity contribution in [2.24, 2.45) is 38.4 Å². The molecule has 0 aromatic heterocycles. The van der Waals surface area contributed by atoms with Crippen molar-refractivity contribution >= 4 is 0 Å². The average molecular weight is 485 g/mol. The zero-order valence-electron chi connectivity index (χ0n) is 21.3. The Kier molecular flexibility index (Phi) is 7.27. The fourth-order valence-electron chi connectivity index (χ4n) is 9.79. The Hall–Kier alpha value is -0.280. The van der Waals surface area contributed by atoms with E-state index in [0.29, 0.717) is 38.7 Å². The van der Waals surface area contributed by atoms with Gasteiger partial charge in [0.15, 0.2) is 6.29 Å². The minimum Gasteiger partial charge on any atom is -0.396 e. The normalized spacial score (nSPS) is 49.6. The van der Waals surface area contributed by atoms with Gasteiger partial charge < -0.3 is 35.4 Å². The first-order valence-corrected chi connectivity index (χ1v) is 13.3. The zero-order chi connectivity index (χ0) is 24.9. The molecule has 0 amide bonds. The predicted molar refractivity (Wildman–Crippen MR) is 128 cm³/mol. The topological polar surface area (TPSA) is 131 Å². The first kappa shape index (κ1) is 26.8. The van der Waals surface area contributed by atoms with Gasteiger partial charge >= 0.3 is 0 Å². The highest BCUT2D eigenvalue weighted by molar-refractivity contribution is 5.07. The fourth-order valence-corrected chi connectivity index (χ4v) is 9.79. The molecule has 4 rings (SSSR count). The molecule has 0 aromatic rings. The lowest BCUT2D eigenvalue weighted by atomic mass is 9.47. The standard InChI is InChI=1S/C27H48O7/c1-22(14-28)8-24(16-30)4-3-5-25(9-22,12-24)19-34-21(33)20-6-26(17-31)10-23(2,15-29)11-27(7-20,13-26)18-32/h20-21,28-33H,3-19H2,1-2H3. The maximum absolute atomic E-state index is 11.2. The van der Waals surface area contributed by atoms with Gasteiger partial charge in [-0.3, -0.25) is 0 Å². The summed E-state index contributed by atoms with van der Waals surface area (Å²) in [6, 6.07) is 0. The maximum Gasteiger partial charge on any atom is 0.157 e. The smallest absolute Gasteiger partial charge is 0.157 e. The molecule has 7 heteroatoms. The minimum atomic E-state index is -0.988. The van der Waals surface area contributed by atoms with E-state index >= 15 is 0 Å². The van der Waals surface area contributed by atoms with E-state index in [1.807, 2.05) is 6.92 Å². The van der Waals surface area contributed by atoms with Crippen molar-refractivity contribution < 1.29 is 35.4 Å². The Morgan fingerprint density at radius 2 is 1.09 bits per heavy atom. The van der Waals surface area contributed by atoms with E-state index in [0.717, 1.165) is 38.5 Å². The molecule has 7 nitrogen and oxygen atoms in total. The van der Waals surface area contributed by atoms with Crippen molar-refractivity contribution in [1.82, 2.24) is 0 Å². The molecule has 0 radical (unpaired) electrons. The van der Waals surface area contributed by atoms with Gasteiger partial charge in [-0.1, -0.05) is 20.3 Å². The van der Waals surface area contributed by atoms with Crippen molar-refractivity contribution in [2.45, 2.75) is 90.8 Å². The van der Waals surface area contributed by atoms with Crippen LogP contribution in [-0.4, -0.2) is 76.6 Å². The second kappa shape index (κ2) is 9.23. The number of fused-ring (bicyclic) bond motifs is 4. The number of hydrogen-bond donors (Lipinski definition) is 6. The molecule has 0 heterocycles. The van der Waals surface area contributed by atoms with E-state index in [9.17, 15) is 30.6 Å². The lowest BCUT2D eigenvalue weighted by Crippen LogP contribution is -2.56. The van der Waals surface area contributed by atoms with Gasteiger partial charge in [0.05, 0.1) is 6.61 Å². The van der Waals surface area contributed by atoms with Gasteiger partial charge in [-0.2, -0.15) is 0 Å². The molecule has 4 fully saturated rings. The molecule has 4 bridgehead atoms. The Bertz CT molecular complexity index is 698. The largest absolute Gasteiger partial charge is 0.396 e. The van der Waals surface area contributed by atoms with Crippen LogP contribution < -0.4 is 0 Å². The van der Waals surface area contributed by atoms with Crippen LogP contribution >= 0.6 is 0 Å². The maximum atomic E-state index is 11.2. The highest BCUT2D eigenvalue weighted by atomic mass is 16.6. The predicted octanol–water partition coefficient (Wildman–Crippen LogP) is 2.20. The first-order chi connectivity index (χ1) is 15.9. The second-order valence-corrected chi connectivity index (χ2v) is 14.2. The van der Waals surface area contributed by atoms with Crippen LogP contribution in [0.2, 0.25) is 0 Å². The zero-order valence-corrected chi connectivity index (χ0v) is 21.3. The van der Waals surface area contributed by atoms with Gasteiger partial charge in [0, 0.05) is 39.0 Å². The number of rotatable bonds is 9. The summed E-state index contributed by atoms with van der Waals surface area (Å²) >= 11 is 0. The number of aliphatic hydroxyl groups excluding tert-OH is 6. The molecule has 6 unspecified atom stereocenters. The molecule has 4 aliphatic rings. The third-order valence-electron chi connectivity index (χ3n) is 10.2. The van der Waals surface area contributed by atoms with Crippen LogP contribution in [-0.2, 0) is 4.74 Å². The summed E-state index contributed by atoms with van der Waals surface area (Å²) in [4.78, 5) is 0. The summed E-state index contributed by atoms with van der Waals surface area (Å²) in [5.41, 5.74) is -1.80. The molecule has 0 spiro atoms. The van der Waals surface area contributed by atoms with Gasteiger partial charge in [0.1, 0.15) is 0 Å². The fraction of sp³-hybridized carbons (Fsp3) is 1.00. The third-order valence-corrected chi connectivity index (χ3v) is 10.2. The SMILES string of the molecule is CC1(CO)CC2(CO)CCCC(COC(O)C3CC4(CO)CC(C)(CO)CC(CO)(C3)C4)(C1)C2. The Labute approximate surface area is 204 Å². The lowest BCUT2D eigenvalue weighted by molar-refractivity contribution is -0.223. The van der Waals surface area contributed by atoms with Crippen LogP contribution in [0, 0.1) is 38.4 Å². The summed E-state index contributed by atoms with van der Waals surface area (Å²) in [6.07, 6.45) is 7.77. The molecule has 0 aliphatic heterocycles. The monoisotopic (exact) mass is 484 g/mol. The van der Waals surface area contributed by atoms with Gasteiger partial charge in [-0.05, 0) is 96.7 Å². The molecule has 6 N–H and O–H groups in total. The lowest BCUT2D eigenvalue weighted by Gasteiger charge is -2.60. The minimum absolute atomic E-state index is 0.0224. The average Bonchev–Trinajstić information content (AvgIpc) is 2.81. The number of aliphatic hydroxyl groups is 6. The van der Waals surface area contributed by atoms with Crippen LogP contribution in [0.5, 0.6) is 0 Å². The molecule has 6 atom stereocenters. The van der Waals surface area contributed by atoms with Gasteiger partial charge in [0.2, 0.25) is 0 Å². The molecule has 0 saturated heterocycles. The van der Waals surface area contributed by atoms with Crippen molar-refractivity contribution in [3.63, 3.8) is 0 Å². The van der Waals surface area contributed by atoms with E-state index in [4.69, 9.17) is 4.74 Å². The van der Waals surface area contributed by atoms with Gasteiger partial charge in [-0.15, -0.1) is 0 Å².